The lowest BCUT2D eigenvalue weighted by atomic mass is 10.2. The Morgan fingerprint density at radius 3 is 2.73 bits per heavy atom. The van der Waals surface area contributed by atoms with Gasteiger partial charge in [-0.3, -0.25) is 4.79 Å². The number of nitrogens with one attached hydrogen (secondary N) is 1. The fraction of sp³-hybridized carbons (Fsp3) is 0.375. The number of carbonyl (C=O) groups excluding carboxylic acids is 1. The van der Waals surface area contributed by atoms with Crippen molar-refractivity contribution in [2.75, 3.05) is 44.8 Å². The molecule has 2 rings (SSSR count). The molecule has 1 aliphatic rings. The molecule has 0 unspecified atom stereocenters. The molecule has 0 saturated carbocycles. The van der Waals surface area contributed by atoms with Gasteiger partial charge in [-0.15, -0.1) is 11.8 Å². The van der Waals surface area contributed by atoms with Gasteiger partial charge in [-0.2, -0.15) is 5.26 Å². The number of likely N-dealkylation sites (N-methyl/N-ethyl adjacent to an activating group) is 1. The van der Waals surface area contributed by atoms with Crippen LogP contribution >= 0.6 is 11.8 Å². The minimum absolute atomic E-state index is 0.138. The number of piperazine rings is 1. The van der Waals surface area contributed by atoms with E-state index < -0.39 is 0 Å². The molecule has 6 heteroatoms. The van der Waals surface area contributed by atoms with Crippen molar-refractivity contribution in [3.63, 3.8) is 0 Å². The summed E-state index contributed by atoms with van der Waals surface area (Å²) in [6, 6.07) is 9.84. The van der Waals surface area contributed by atoms with Crippen molar-refractivity contribution in [1.82, 2.24) is 9.80 Å². The third-order valence-electron chi connectivity index (χ3n) is 3.59. The van der Waals surface area contributed by atoms with Crippen LogP contribution in [-0.4, -0.2) is 55.2 Å². The molecule has 0 bridgehead atoms. The number of benzene rings is 1. The topological polar surface area (TPSA) is 59.4 Å². The number of amides is 1. The van der Waals surface area contributed by atoms with Gasteiger partial charge >= 0.3 is 0 Å². The predicted molar refractivity (Wildman–Crippen MR) is 89.6 cm³/mol. The van der Waals surface area contributed by atoms with Crippen LogP contribution < -0.4 is 5.32 Å². The van der Waals surface area contributed by atoms with Crippen molar-refractivity contribution in [2.24, 2.45) is 0 Å². The lowest BCUT2D eigenvalue weighted by Crippen LogP contribution is -2.47. The number of rotatable bonds is 4. The Hall–Kier alpha value is -1.97. The van der Waals surface area contributed by atoms with Crippen molar-refractivity contribution in [1.29, 1.82) is 5.26 Å². The Morgan fingerprint density at radius 2 is 2.09 bits per heavy atom. The molecule has 1 heterocycles. The molecule has 5 nitrogen and oxygen atoms in total. The zero-order chi connectivity index (χ0) is 15.9. The molecular weight excluding hydrogens is 296 g/mol. The summed E-state index contributed by atoms with van der Waals surface area (Å²) in [5.74, 6) is -0.205. The monoisotopic (exact) mass is 316 g/mol. The van der Waals surface area contributed by atoms with Gasteiger partial charge in [-0.25, -0.2) is 0 Å². The first-order valence-electron chi connectivity index (χ1n) is 7.12. The summed E-state index contributed by atoms with van der Waals surface area (Å²) in [6.45, 7) is 3.01. The number of carbonyl (C=O) groups is 1. The summed E-state index contributed by atoms with van der Waals surface area (Å²) in [4.78, 5) is 17.4. The van der Waals surface area contributed by atoms with Crippen LogP contribution in [0.5, 0.6) is 0 Å². The van der Waals surface area contributed by atoms with Crippen molar-refractivity contribution in [3.05, 3.63) is 36.0 Å². The van der Waals surface area contributed by atoms with Crippen LogP contribution in [0.1, 0.15) is 0 Å². The Morgan fingerprint density at radius 1 is 1.36 bits per heavy atom. The molecule has 0 radical (unpaired) electrons. The SMILES string of the molecule is CSc1cccc(N/C=C(/C#N)C(=O)N2CCN(C)CC2)c1. The van der Waals surface area contributed by atoms with Crippen LogP contribution in [-0.2, 0) is 4.79 Å². The molecule has 1 saturated heterocycles. The number of nitriles is 1. The summed E-state index contributed by atoms with van der Waals surface area (Å²) in [5.41, 5.74) is 1.00. The van der Waals surface area contributed by atoms with E-state index in [-0.39, 0.29) is 11.5 Å². The van der Waals surface area contributed by atoms with Gasteiger partial charge in [0.05, 0.1) is 0 Å². The largest absolute Gasteiger partial charge is 0.360 e. The van der Waals surface area contributed by atoms with E-state index in [4.69, 9.17) is 0 Å². The van der Waals surface area contributed by atoms with E-state index in [0.717, 1.165) is 23.7 Å². The third-order valence-corrected chi connectivity index (χ3v) is 4.32. The minimum atomic E-state index is -0.205. The maximum absolute atomic E-state index is 12.4. The zero-order valence-corrected chi connectivity index (χ0v) is 13.7. The van der Waals surface area contributed by atoms with Crippen LogP contribution in [0.25, 0.3) is 0 Å². The van der Waals surface area contributed by atoms with Crippen LogP contribution in [0.2, 0.25) is 0 Å². The molecule has 0 aromatic heterocycles. The molecule has 1 amide bonds. The van der Waals surface area contributed by atoms with Crippen molar-refractivity contribution in [2.45, 2.75) is 4.90 Å². The first kappa shape index (κ1) is 16.4. The van der Waals surface area contributed by atoms with E-state index in [0.29, 0.717) is 13.1 Å². The maximum Gasteiger partial charge on any atom is 0.266 e. The van der Waals surface area contributed by atoms with E-state index in [2.05, 4.69) is 10.2 Å². The standard InChI is InChI=1S/C16H20N4OS/c1-19-6-8-20(9-7-19)16(21)13(11-17)12-18-14-4-3-5-15(10-14)22-2/h3-5,10,12,18H,6-9H2,1-2H3/b13-12-. The highest BCUT2D eigenvalue weighted by molar-refractivity contribution is 7.98. The van der Waals surface area contributed by atoms with Crippen molar-refractivity contribution >= 4 is 23.4 Å². The van der Waals surface area contributed by atoms with Gasteiger partial charge in [0.2, 0.25) is 0 Å². The number of nitrogens with zero attached hydrogens (tertiary/aromatic N) is 3. The first-order valence-corrected chi connectivity index (χ1v) is 8.35. The van der Waals surface area contributed by atoms with E-state index in [1.807, 2.05) is 43.6 Å². The lowest BCUT2D eigenvalue weighted by molar-refractivity contribution is -0.128. The third kappa shape index (κ3) is 4.26. The highest BCUT2D eigenvalue weighted by Gasteiger charge is 2.21. The second kappa shape index (κ2) is 7.87. The van der Waals surface area contributed by atoms with Gasteiger partial charge in [0.25, 0.3) is 5.91 Å². The van der Waals surface area contributed by atoms with Gasteiger partial charge in [-0.1, -0.05) is 6.07 Å². The summed E-state index contributed by atoms with van der Waals surface area (Å²) in [7, 11) is 2.03. The molecule has 0 spiro atoms. The maximum atomic E-state index is 12.4. The van der Waals surface area contributed by atoms with E-state index in [1.54, 1.807) is 16.7 Å². The summed E-state index contributed by atoms with van der Waals surface area (Å²) in [5, 5.41) is 12.3. The molecule has 116 valence electrons. The van der Waals surface area contributed by atoms with E-state index in [9.17, 15) is 10.1 Å². The second-order valence-corrected chi connectivity index (χ2v) is 6.02. The van der Waals surface area contributed by atoms with E-state index >= 15 is 0 Å². The van der Waals surface area contributed by atoms with Crippen LogP contribution in [0, 0.1) is 11.3 Å². The molecule has 22 heavy (non-hydrogen) atoms. The second-order valence-electron chi connectivity index (χ2n) is 5.14. The summed E-state index contributed by atoms with van der Waals surface area (Å²) < 4.78 is 0. The van der Waals surface area contributed by atoms with Crippen LogP contribution in [0.4, 0.5) is 5.69 Å². The fourth-order valence-corrected chi connectivity index (χ4v) is 2.65. The Balaban J connectivity index is 2.04. The average molecular weight is 316 g/mol. The highest BCUT2D eigenvalue weighted by atomic mass is 32.2. The quantitative estimate of drug-likeness (QED) is 0.523. The van der Waals surface area contributed by atoms with Crippen LogP contribution in [0.3, 0.4) is 0 Å². The smallest absolute Gasteiger partial charge is 0.266 e. The zero-order valence-electron chi connectivity index (χ0n) is 12.9. The number of hydrogen-bond acceptors (Lipinski definition) is 5. The highest BCUT2D eigenvalue weighted by Crippen LogP contribution is 2.19. The molecule has 1 fully saturated rings. The molecular formula is C16H20N4OS. The van der Waals surface area contributed by atoms with Crippen LogP contribution in [0.15, 0.2) is 40.9 Å². The van der Waals surface area contributed by atoms with Gasteiger partial charge < -0.3 is 15.1 Å². The Kier molecular flexibility index (Phi) is 5.87. The number of hydrogen-bond donors (Lipinski definition) is 1. The van der Waals surface area contributed by atoms with Crippen molar-refractivity contribution in [3.8, 4) is 6.07 Å². The van der Waals surface area contributed by atoms with Gasteiger partial charge in [0.1, 0.15) is 11.6 Å². The van der Waals surface area contributed by atoms with Gasteiger partial charge in [-0.05, 0) is 31.5 Å². The number of thioether (sulfide) groups is 1. The Labute approximate surface area is 135 Å². The molecule has 1 N–H and O–H groups in total. The number of anilines is 1. The molecule has 0 atom stereocenters. The normalized spacial score (nSPS) is 16.2. The predicted octanol–water partition coefficient (Wildman–Crippen LogP) is 2.00. The lowest BCUT2D eigenvalue weighted by Gasteiger charge is -2.32. The minimum Gasteiger partial charge on any atom is -0.360 e. The molecule has 1 aromatic carbocycles. The summed E-state index contributed by atoms with van der Waals surface area (Å²) in [6.07, 6.45) is 3.51. The molecule has 1 aliphatic heterocycles. The molecule has 1 aromatic rings. The van der Waals surface area contributed by atoms with Crippen molar-refractivity contribution < 1.29 is 4.79 Å². The summed E-state index contributed by atoms with van der Waals surface area (Å²) >= 11 is 1.65. The molecule has 0 aliphatic carbocycles. The first-order chi connectivity index (χ1) is 10.6. The van der Waals surface area contributed by atoms with Gasteiger partial charge in [0, 0.05) is 43.0 Å². The van der Waals surface area contributed by atoms with Gasteiger partial charge in [0.15, 0.2) is 0 Å². The fourth-order valence-electron chi connectivity index (χ4n) is 2.19. The average Bonchev–Trinajstić information content (AvgIpc) is 2.56. The van der Waals surface area contributed by atoms with E-state index in [1.165, 1.54) is 6.20 Å². The Bertz CT molecular complexity index is 600.